The highest BCUT2D eigenvalue weighted by atomic mass is 35.5. The Hall–Kier alpha value is -4.01. The summed E-state index contributed by atoms with van der Waals surface area (Å²) in [5.41, 5.74) is 1.70. The van der Waals surface area contributed by atoms with Crippen LogP contribution in [0.5, 0.6) is 11.5 Å². The first-order valence-electron chi connectivity index (χ1n) is 11.9. The van der Waals surface area contributed by atoms with Crippen molar-refractivity contribution >= 4 is 52.3 Å². The van der Waals surface area contributed by atoms with E-state index in [1.165, 1.54) is 31.3 Å². The van der Waals surface area contributed by atoms with Gasteiger partial charge in [0, 0.05) is 5.69 Å². The first kappa shape index (κ1) is 28.0. The normalized spacial score (nSPS) is 16.4. The Morgan fingerprint density at radius 2 is 1.69 bits per heavy atom. The van der Waals surface area contributed by atoms with E-state index in [4.69, 9.17) is 37.4 Å². The quantitative estimate of drug-likeness (QED) is 0.158. The van der Waals surface area contributed by atoms with E-state index >= 15 is 0 Å². The first-order chi connectivity index (χ1) is 18.6. The lowest BCUT2D eigenvalue weighted by Crippen LogP contribution is -2.29. The van der Waals surface area contributed by atoms with Crippen molar-refractivity contribution in [2.75, 3.05) is 25.7 Å². The Balaban J connectivity index is 1.99. The average molecular weight is 570 g/mol. The Morgan fingerprint density at radius 1 is 1.00 bits per heavy atom. The maximum atomic E-state index is 13.6. The second-order valence-electron chi connectivity index (χ2n) is 8.64. The molecular formula is C29H25Cl2NO7. The third kappa shape index (κ3) is 5.05. The van der Waals surface area contributed by atoms with Gasteiger partial charge in [-0.05, 0) is 43.7 Å². The van der Waals surface area contributed by atoms with Gasteiger partial charge in [-0.3, -0.25) is 14.5 Å². The molecule has 1 amide bonds. The number of carbonyl (C=O) groups is 3. The van der Waals surface area contributed by atoms with Crippen molar-refractivity contribution in [3.63, 3.8) is 0 Å². The number of aliphatic hydroxyl groups is 1. The van der Waals surface area contributed by atoms with Crippen LogP contribution in [0.1, 0.15) is 40.0 Å². The predicted molar refractivity (Wildman–Crippen MR) is 148 cm³/mol. The second-order valence-corrected chi connectivity index (χ2v) is 9.43. The Kier molecular flexibility index (Phi) is 8.18. The summed E-state index contributed by atoms with van der Waals surface area (Å²) in [5, 5.41) is 11.6. The minimum atomic E-state index is -1.05. The van der Waals surface area contributed by atoms with Crippen molar-refractivity contribution in [2.24, 2.45) is 0 Å². The van der Waals surface area contributed by atoms with Gasteiger partial charge < -0.3 is 19.3 Å². The monoisotopic (exact) mass is 569 g/mol. The lowest BCUT2D eigenvalue weighted by Gasteiger charge is -2.26. The molecule has 1 aliphatic rings. The summed E-state index contributed by atoms with van der Waals surface area (Å²) >= 11 is 12.8. The van der Waals surface area contributed by atoms with Crippen LogP contribution in [0.2, 0.25) is 10.0 Å². The van der Waals surface area contributed by atoms with Crippen LogP contribution in [0.15, 0.2) is 60.2 Å². The maximum Gasteiger partial charge on any atom is 0.338 e. The van der Waals surface area contributed by atoms with Gasteiger partial charge in [0.1, 0.15) is 10.8 Å². The minimum Gasteiger partial charge on any atom is -0.507 e. The van der Waals surface area contributed by atoms with Crippen molar-refractivity contribution < 1.29 is 33.7 Å². The number of amides is 1. The van der Waals surface area contributed by atoms with Crippen LogP contribution in [0.4, 0.5) is 5.69 Å². The SMILES string of the molecule is CCOC(=O)c1cccc(N2C(=O)C(=O)/C(=C(/O)c3cc(Cl)c(OC)c(Cl)c3OC)C2c2cccc(C)c2)c1. The molecule has 0 bridgehead atoms. The van der Waals surface area contributed by atoms with Gasteiger partial charge in [0.25, 0.3) is 11.7 Å². The zero-order valence-electron chi connectivity index (χ0n) is 21.6. The first-order valence-corrected chi connectivity index (χ1v) is 12.6. The second kappa shape index (κ2) is 11.4. The predicted octanol–water partition coefficient (Wildman–Crippen LogP) is 6.12. The van der Waals surface area contributed by atoms with E-state index in [1.54, 1.807) is 43.3 Å². The fraction of sp³-hybridized carbons (Fsp3) is 0.207. The molecule has 39 heavy (non-hydrogen) atoms. The number of ether oxygens (including phenoxy) is 3. The number of Topliss-reactive ketones (excluding diaryl/α,β-unsaturated/α-hetero) is 1. The van der Waals surface area contributed by atoms with Crippen LogP contribution in [-0.4, -0.2) is 43.6 Å². The number of carbonyl (C=O) groups excluding carboxylic acids is 3. The van der Waals surface area contributed by atoms with E-state index in [2.05, 4.69) is 0 Å². The molecule has 10 heteroatoms. The molecule has 0 spiro atoms. The van der Waals surface area contributed by atoms with Crippen molar-refractivity contribution in [3.05, 3.63) is 92.5 Å². The van der Waals surface area contributed by atoms with Crippen LogP contribution < -0.4 is 14.4 Å². The summed E-state index contributed by atoms with van der Waals surface area (Å²) in [7, 11) is 2.71. The summed E-state index contributed by atoms with van der Waals surface area (Å²) in [6.07, 6.45) is 0. The van der Waals surface area contributed by atoms with Crippen LogP contribution in [0.25, 0.3) is 5.76 Å². The van der Waals surface area contributed by atoms with Crippen LogP contribution in [0.3, 0.4) is 0 Å². The molecule has 1 heterocycles. The number of anilines is 1. The third-order valence-electron chi connectivity index (χ3n) is 6.23. The van der Waals surface area contributed by atoms with E-state index in [0.29, 0.717) is 5.56 Å². The molecular weight excluding hydrogens is 545 g/mol. The zero-order chi connectivity index (χ0) is 28.4. The number of hydrogen-bond acceptors (Lipinski definition) is 7. The fourth-order valence-corrected chi connectivity index (χ4v) is 5.23. The molecule has 0 radical (unpaired) electrons. The number of nitrogens with zero attached hydrogens (tertiary/aromatic N) is 1. The number of methoxy groups -OCH3 is 2. The topological polar surface area (TPSA) is 102 Å². The van der Waals surface area contributed by atoms with E-state index in [9.17, 15) is 19.5 Å². The number of aliphatic hydroxyl groups excluding tert-OH is 1. The summed E-state index contributed by atoms with van der Waals surface area (Å²) < 4.78 is 15.8. The van der Waals surface area contributed by atoms with Gasteiger partial charge in [-0.1, -0.05) is 59.1 Å². The van der Waals surface area contributed by atoms with Gasteiger partial charge in [0.2, 0.25) is 0 Å². The van der Waals surface area contributed by atoms with E-state index in [-0.39, 0.29) is 50.5 Å². The summed E-state index contributed by atoms with van der Waals surface area (Å²) in [4.78, 5) is 40.7. The van der Waals surface area contributed by atoms with Crippen LogP contribution in [-0.2, 0) is 14.3 Å². The molecule has 1 fully saturated rings. The minimum absolute atomic E-state index is 0.00391. The summed E-state index contributed by atoms with van der Waals surface area (Å²) in [6.45, 7) is 3.72. The lowest BCUT2D eigenvalue weighted by atomic mass is 9.94. The molecule has 3 aromatic carbocycles. The van der Waals surface area contributed by atoms with Crippen LogP contribution in [0, 0.1) is 6.92 Å². The maximum absolute atomic E-state index is 13.6. The highest BCUT2D eigenvalue weighted by Crippen LogP contribution is 2.48. The lowest BCUT2D eigenvalue weighted by molar-refractivity contribution is -0.132. The molecule has 0 saturated carbocycles. The molecule has 4 rings (SSSR count). The molecule has 1 atom stereocenters. The van der Waals surface area contributed by atoms with Crippen molar-refractivity contribution in [3.8, 4) is 11.5 Å². The standard InChI is InChI=1S/C29H25Cl2NO7/c1-5-39-29(36)17-10-7-11-18(13-17)32-23(16-9-6-8-15(2)12-16)21(25(34)28(32)35)24(33)19-14-20(30)27(38-4)22(31)26(19)37-3/h6-14,23,33H,5H2,1-4H3/b24-21+. The van der Waals surface area contributed by atoms with Gasteiger partial charge >= 0.3 is 5.97 Å². The molecule has 8 nitrogen and oxygen atoms in total. The molecule has 1 saturated heterocycles. The van der Waals surface area contributed by atoms with Crippen LogP contribution >= 0.6 is 23.2 Å². The highest BCUT2D eigenvalue weighted by molar-refractivity contribution is 6.52. The van der Waals surface area contributed by atoms with Gasteiger partial charge in [0.15, 0.2) is 11.5 Å². The molecule has 1 aliphatic heterocycles. The van der Waals surface area contributed by atoms with Gasteiger partial charge in [-0.15, -0.1) is 0 Å². The van der Waals surface area contributed by atoms with Crippen molar-refractivity contribution in [2.45, 2.75) is 19.9 Å². The van der Waals surface area contributed by atoms with E-state index in [0.717, 1.165) is 5.56 Å². The van der Waals surface area contributed by atoms with E-state index in [1.807, 2.05) is 13.0 Å². The largest absolute Gasteiger partial charge is 0.507 e. The highest BCUT2D eigenvalue weighted by Gasteiger charge is 2.47. The van der Waals surface area contributed by atoms with E-state index < -0.39 is 29.5 Å². The number of halogens is 2. The Labute approximate surface area is 235 Å². The molecule has 0 aliphatic carbocycles. The molecule has 1 unspecified atom stereocenters. The molecule has 1 N–H and O–H groups in total. The fourth-order valence-electron chi connectivity index (χ4n) is 4.54. The molecule has 202 valence electrons. The zero-order valence-corrected chi connectivity index (χ0v) is 23.1. The summed E-state index contributed by atoms with van der Waals surface area (Å²) in [5.74, 6) is -2.81. The van der Waals surface area contributed by atoms with Gasteiger partial charge in [-0.25, -0.2) is 4.79 Å². The third-order valence-corrected chi connectivity index (χ3v) is 6.86. The average Bonchev–Trinajstić information content (AvgIpc) is 3.18. The number of hydrogen-bond donors (Lipinski definition) is 1. The molecule has 0 aromatic heterocycles. The number of ketones is 1. The Morgan fingerprint density at radius 3 is 2.33 bits per heavy atom. The van der Waals surface area contributed by atoms with Crippen molar-refractivity contribution in [1.29, 1.82) is 0 Å². The Bertz CT molecular complexity index is 1520. The number of aryl methyl sites for hydroxylation is 1. The van der Waals surface area contributed by atoms with Gasteiger partial charge in [0.05, 0.1) is 48.6 Å². The molecule has 3 aromatic rings. The number of benzene rings is 3. The summed E-state index contributed by atoms with van der Waals surface area (Å²) in [6, 6.07) is 13.7. The van der Waals surface area contributed by atoms with Gasteiger partial charge in [-0.2, -0.15) is 0 Å². The smallest absolute Gasteiger partial charge is 0.338 e. The van der Waals surface area contributed by atoms with Crippen molar-refractivity contribution in [1.82, 2.24) is 0 Å². The number of esters is 1. The number of rotatable bonds is 7.